The Hall–Kier alpha value is -3.79. The number of rotatable bonds is 9. The molecule has 1 aliphatic rings. The van der Waals surface area contributed by atoms with E-state index in [1.54, 1.807) is 12.1 Å². The summed E-state index contributed by atoms with van der Waals surface area (Å²) >= 11 is 0. The number of aliphatic carboxylic acids is 1. The molecule has 1 atom stereocenters. The van der Waals surface area contributed by atoms with Crippen molar-refractivity contribution in [1.82, 2.24) is 5.32 Å². The first kappa shape index (κ1) is 24.8. The molecule has 10 nitrogen and oxygen atoms in total. The summed E-state index contributed by atoms with van der Waals surface area (Å²) in [7, 11) is 5.96. The van der Waals surface area contributed by atoms with Crippen LogP contribution in [0.25, 0.3) is 11.1 Å². The molecule has 1 aliphatic carbocycles. The first-order valence-electron chi connectivity index (χ1n) is 10.5. The molecule has 0 saturated heterocycles. The third-order valence-corrected chi connectivity index (χ3v) is 5.51. The molecular formula is C24H27NO9. The molecule has 3 rings (SSSR count). The topological polar surface area (TPSA) is 130 Å². The van der Waals surface area contributed by atoms with E-state index in [-0.39, 0.29) is 11.2 Å². The zero-order chi connectivity index (χ0) is 24.8. The maximum Gasteiger partial charge on any atom is 0.329 e. The van der Waals surface area contributed by atoms with Crippen molar-refractivity contribution in [3.8, 4) is 34.1 Å². The van der Waals surface area contributed by atoms with Gasteiger partial charge in [-0.15, -0.1) is 0 Å². The summed E-state index contributed by atoms with van der Waals surface area (Å²) in [6.45, 7) is -1.02. The van der Waals surface area contributed by atoms with Crippen LogP contribution in [-0.2, 0) is 20.7 Å². The number of carbonyl (C=O) groups excluding carboxylic acids is 1. The van der Waals surface area contributed by atoms with Gasteiger partial charge >= 0.3 is 5.97 Å². The molecule has 0 spiro atoms. The highest BCUT2D eigenvalue weighted by Crippen LogP contribution is 2.50. The minimum atomic E-state index is -1.17. The predicted molar refractivity (Wildman–Crippen MR) is 122 cm³/mol. The number of methoxy groups -OCH3 is 4. The summed E-state index contributed by atoms with van der Waals surface area (Å²) in [6.07, 6.45) is 0.978. The molecule has 10 heteroatoms. The van der Waals surface area contributed by atoms with Crippen molar-refractivity contribution < 1.29 is 38.4 Å². The molecule has 1 amide bonds. The van der Waals surface area contributed by atoms with Gasteiger partial charge in [-0.1, -0.05) is 6.07 Å². The van der Waals surface area contributed by atoms with E-state index in [0.717, 1.165) is 5.56 Å². The number of carboxylic acids is 1. The first-order chi connectivity index (χ1) is 16.3. The van der Waals surface area contributed by atoms with Crippen LogP contribution in [0.5, 0.6) is 23.0 Å². The van der Waals surface area contributed by atoms with Crippen molar-refractivity contribution in [2.75, 3.05) is 41.7 Å². The predicted octanol–water partition coefficient (Wildman–Crippen LogP) is 1.95. The summed E-state index contributed by atoms with van der Waals surface area (Å²) in [5, 5.41) is 11.6. The van der Waals surface area contributed by atoms with Crippen LogP contribution in [0.4, 0.5) is 0 Å². The van der Waals surface area contributed by atoms with Crippen LogP contribution in [0.15, 0.2) is 29.1 Å². The van der Waals surface area contributed by atoms with Gasteiger partial charge in [0.1, 0.15) is 13.2 Å². The number of hydrogen-bond acceptors (Lipinski definition) is 8. The molecule has 2 aromatic carbocycles. The molecule has 2 N–H and O–H groups in total. The molecular weight excluding hydrogens is 446 g/mol. The van der Waals surface area contributed by atoms with Gasteiger partial charge < -0.3 is 34.1 Å². The van der Waals surface area contributed by atoms with Gasteiger partial charge in [-0.05, 0) is 47.7 Å². The van der Waals surface area contributed by atoms with E-state index < -0.39 is 31.1 Å². The van der Waals surface area contributed by atoms with Gasteiger partial charge in [0.05, 0.1) is 34.5 Å². The maximum atomic E-state index is 12.8. The van der Waals surface area contributed by atoms with Crippen LogP contribution in [0.3, 0.4) is 0 Å². The molecule has 0 fully saturated rings. The van der Waals surface area contributed by atoms with E-state index in [0.29, 0.717) is 46.8 Å². The summed E-state index contributed by atoms with van der Waals surface area (Å²) in [6, 6.07) is 6.04. The fourth-order valence-electron chi connectivity index (χ4n) is 4.08. The number of carboxylic acid groups (broad SMARTS) is 1. The van der Waals surface area contributed by atoms with Crippen molar-refractivity contribution in [1.29, 1.82) is 0 Å². The van der Waals surface area contributed by atoms with Gasteiger partial charge in [-0.3, -0.25) is 9.59 Å². The lowest BCUT2D eigenvalue weighted by Crippen LogP contribution is -2.32. The highest BCUT2D eigenvalue weighted by molar-refractivity contribution is 5.84. The van der Waals surface area contributed by atoms with E-state index in [2.05, 4.69) is 5.32 Å². The molecule has 0 radical (unpaired) electrons. The maximum absolute atomic E-state index is 12.8. The van der Waals surface area contributed by atoms with E-state index >= 15 is 0 Å². The Morgan fingerprint density at radius 3 is 2.29 bits per heavy atom. The third-order valence-electron chi connectivity index (χ3n) is 5.51. The van der Waals surface area contributed by atoms with Crippen LogP contribution in [0.1, 0.15) is 23.6 Å². The second kappa shape index (κ2) is 10.9. The van der Waals surface area contributed by atoms with Gasteiger partial charge in [0.25, 0.3) is 0 Å². The Morgan fingerprint density at radius 2 is 1.68 bits per heavy atom. The average Bonchev–Trinajstić information content (AvgIpc) is 3.06. The van der Waals surface area contributed by atoms with Crippen molar-refractivity contribution in [3.63, 3.8) is 0 Å². The Labute approximate surface area is 196 Å². The summed E-state index contributed by atoms with van der Waals surface area (Å²) in [4.78, 5) is 36.0. The fourth-order valence-corrected chi connectivity index (χ4v) is 4.08. The molecule has 0 bridgehead atoms. The number of aryl methyl sites for hydroxylation is 1. The number of amides is 1. The van der Waals surface area contributed by atoms with Crippen LogP contribution < -0.4 is 29.7 Å². The van der Waals surface area contributed by atoms with Gasteiger partial charge in [-0.2, -0.15) is 0 Å². The number of fused-ring (bicyclic) bond motifs is 3. The number of ether oxygens (including phenoxy) is 5. The van der Waals surface area contributed by atoms with Crippen LogP contribution in [0, 0.1) is 0 Å². The van der Waals surface area contributed by atoms with Crippen LogP contribution in [0.2, 0.25) is 0 Å². The van der Waals surface area contributed by atoms with Crippen molar-refractivity contribution in [3.05, 3.63) is 45.6 Å². The lowest BCUT2D eigenvalue weighted by atomic mass is 9.95. The summed E-state index contributed by atoms with van der Waals surface area (Å²) in [5.74, 6) is -0.201. The molecule has 0 unspecified atom stereocenters. The minimum Gasteiger partial charge on any atom is -0.493 e. The van der Waals surface area contributed by atoms with E-state index in [4.69, 9.17) is 28.8 Å². The Kier molecular flexibility index (Phi) is 7.95. The van der Waals surface area contributed by atoms with Crippen molar-refractivity contribution in [2.45, 2.75) is 18.9 Å². The molecule has 182 valence electrons. The Bertz CT molecular complexity index is 1150. The number of carbonyl (C=O) groups is 2. The van der Waals surface area contributed by atoms with Crippen molar-refractivity contribution in [2.24, 2.45) is 0 Å². The highest BCUT2D eigenvalue weighted by atomic mass is 16.5. The molecule has 0 aromatic heterocycles. The Balaban J connectivity index is 2.18. The number of benzene rings is 1. The molecule has 0 aliphatic heterocycles. The zero-order valence-electron chi connectivity index (χ0n) is 19.4. The van der Waals surface area contributed by atoms with Gasteiger partial charge in [-0.25, -0.2) is 4.79 Å². The average molecular weight is 473 g/mol. The largest absolute Gasteiger partial charge is 0.493 e. The Morgan fingerprint density at radius 1 is 0.971 bits per heavy atom. The van der Waals surface area contributed by atoms with Crippen LogP contribution in [-0.4, -0.2) is 58.6 Å². The lowest BCUT2D eigenvalue weighted by Gasteiger charge is -2.20. The van der Waals surface area contributed by atoms with E-state index in [1.807, 2.05) is 6.07 Å². The molecule has 0 heterocycles. The van der Waals surface area contributed by atoms with Crippen LogP contribution >= 0.6 is 0 Å². The van der Waals surface area contributed by atoms with E-state index in [9.17, 15) is 14.4 Å². The zero-order valence-corrected chi connectivity index (χ0v) is 19.4. The minimum absolute atomic E-state index is 0.143. The monoisotopic (exact) mass is 473 g/mol. The smallest absolute Gasteiger partial charge is 0.329 e. The van der Waals surface area contributed by atoms with E-state index in [1.165, 1.54) is 34.5 Å². The van der Waals surface area contributed by atoms with Gasteiger partial charge in [0.15, 0.2) is 17.2 Å². The first-order valence-corrected chi connectivity index (χ1v) is 10.5. The second-order valence-corrected chi connectivity index (χ2v) is 7.50. The second-order valence-electron chi connectivity index (χ2n) is 7.50. The standard InChI is InChI=1S/C24H27NO9/c1-30-18-8-6-14-15(10-17(18)26)16(25-20(27)11-34-12-21(28)29)7-5-13-9-19(31-2)23(32-3)24(33-4)22(13)14/h6,8-10,16H,5,7,11-12H2,1-4H3,(H,25,27)(H,28,29)/t16-/m0/s1. The lowest BCUT2D eigenvalue weighted by molar-refractivity contribution is -0.143. The fraction of sp³-hybridized carbons (Fsp3) is 0.375. The highest BCUT2D eigenvalue weighted by Gasteiger charge is 2.29. The molecule has 0 saturated carbocycles. The SMILES string of the molecule is COc1cc2c(c(OC)c1OC)-c1ccc(OC)c(=O)cc1[C@@H](NC(=O)COCC(=O)O)CC2. The summed E-state index contributed by atoms with van der Waals surface area (Å²) in [5.41, 5.74) is 2.46. The number of hydrogen-bond donors (Lipinski definition) is 2. The number of nitrogens with one attached hydrogen (secondary N) is 1. The normalized spacial score (nSPS) is 14.2. The summed E-state index contributed by atoms with van der Waals surface area (Å²) < 4.78 is 26.9. The van der Waals surface area contributed by atoms with Gasteiger partial charge in [0, 0.05) is 5.56 Å². The molecule has 34 heavy (non-hydrogen) atoms. The quantitative estimate of drug-likeness (QED) is 0.561. The third kappa shape index (κ3) is 5.07. The van der Waals surface area contributed by atoms with Crippen molar-refractivity contribution >= 4 is 11.9 Å². The molecule has 2 aromatic rings. The van der Waals surface area contributed by atoms with Gasteiger partial charge in [0.2, 0.25) is 17.1 Å².